The zero-order valence-electron chi connectivity index (χ0n) is 13.4. The maximum atomic E-state index is 5.66. The van der Waals surface area contributed by atoms with E-state index in [1.165, 1.54) is 25.7 Å². The SMILES string of the molecule is CN=C(NCCOc1cccnc1)N1CC2CCCCC2C1. The number of aromatic nitrogens is 1. The average molecular weight is 302 g/mol. The lowest BCUT2D eigenvalue weighted by atomic mass is 9.82. The van der Waals surface area contributed by atoms with Crippen LogP contribution in [0, 0.1) is 11.8 Å². The molecule has 0 spiro atoms. The normalized spacial score (nSPS) is 25.0. The standard InChI is InChI=1S/C17H26N4O/c1-18-17(20-9-10-22-16-7-4-8-19-11-16)21-12-14-5-2-3-6-15(14)13-21/h4,7-8,11,14-15H,2-3,5-6,9-10,12-13H2,1H3,(H,18,20). The summed E-state index contributed by atoms with van der Waals surface area (Å²) in [6.45, 7) is 3.69. The van der Waals surface area contributed by atoms with Gasteiger partial charge in [-0.3, -0.25) is 9.98 Å². The van der Waals surface area contributed by atoms with Crippen LogP contribution >= 0.6 is 0 Å². The van der Waals surface area contributed by atoms with Gasteiger partial charge in [0, 0.05) is 26.3 Å². The highest BCUT2D eigenvalue weighted by Crippen LogP contribution is 2.35. The number of nitrogens with zero attached hydrogens (tertiary/aromatic N) is 3. The molecular weight excluding hydrogens is 276 g/mol. The molecule has 1 aliphatic carbocycles. The van der Waals surface area contributed by atoms with Crippen LogP contribution in [0.4, 0.5) is 0 Å². The fourth-order valence-corrected chi connectivity index (χ4v) is 3.68. The Hall–Kier alpha value is -1.78. The third-order valence-electron chi connectivity index (χ3n) is 4.78. The van der Waals surface area contributed by atoms with Gasteiger partial charge in [-0.2, -0.15) is 0 Å². The number of aliphatic imine (C=N–C) groups is 1. The molecule has 2 unspecified atom stereocenters. The first-order chi connectivity index (χ1) is 10.9. The highest BCUT2D eigenvalue weighted by Gasteiger charge is 2.35. The van der Waals surface area contributed by atoms with Crippen LogP contribution in [-0.4, -0.2) is 49.1 Å². The quantitative estimate of drug-likeness (QED) is 0.526. The Labute approximate surface area is 132 Å². The first kappa shape index (κ1) is 15.1. The molecule has 1 saturated carbocycles. The molecule has 2 atom stereocenters. The van der Waals surface area contributed by atoms with Gasteiger partial charge in [0.05, 0.1) is 12.7 Å². The predicted molar refractivity (Wildman–Crippen MR) is 88.1 cm³/mol. The van der Waals surface area contributed by atoms with E-state index >= 15 is 0 Å². The molecule has 5 nitrogen and oxygen atoms in total. The van der Waals surface area contributed by atoms with Crippen LogP contribution < -0.4 is 10.1 Å². The average Bonchev–Trinajstić information content (AvgIpc) is 2.99. The van der Waals surface area contributed by atoms with Crippen LogP contribution in [0.25, 0.3) is 0 Å². The molecule has 0 amide bonds. The van der Waals surface area contributed by atoms with Crippen LogP contribution in [0.15, 0.2) is 29.5 Å². The zero-order valence-corrected chi connectivity index (χ0v) is 13.4. The van der Waals surface area contributed by atoms with E-state index in [1.54, 1.807) is 12.4 Å². The van der Waals surface area contributed by atoms with Crippen molar-refractivity contribution in [3.8, 4) is 5.75 Å². The molecule has 120 valence electrons. The number of hydrogen-bond acceptors (Lipinski definition) is 3. The first-order valence-corrected chi connectivity index (χ1v) is 8.35. The van der Waals surface area contributed by atoms with Gasteiger partial charge in [-0.25, -0.2) is 0 Å². The van der Waals surface area contributed by atoms with Crippen molar-refractivity contribution >= 4 is 5.96 Å². The number of rotatable bonds is 4. The number of nitrogens with one attached hydrogen (secondary N) is 1. The van der Waals surface area contributed by atoms with Crippen molar-refractivity contribution in [3.05, 3.63) is 24.5 Å². The lowest BCUT2D eigenvalue weighted by Crippen LogP contribution is -2.41. The van der Waals surface area contributed by atoms with Gasteiger partial charge in [-0.05, 0) is 36.8 Å². The van der Waals surface area contributed by atoms with E-state index in [0.717, 1.165) is 43.2 Å². The number of guanidine groups is 1. The summed E-state index contributed by atoms with van der Waals surface area (Å²) in [7, 11) is 1.87. The van der Waals surface area contributed by atoms with Crippen LogP contribution in [0.2, 0.25) is 0 Å². The summed E-state index contributed by atoms with van der Waals surface area (Å²) < 4.78 is 5.66. The lowest BCUT2D eigenvalue weighted by Gasteiger charge is -2.22. The molecule has 0 bridgehead atoms. The molecule has 1 aromatic heterocycles. The van der Waals surface area contributed by atoms with Crippen molar-refractivity contribution in [1.29, 1.82) is 0 Å². The summed E-state index contributed by atoms with van der Waals surface area (Å²) in [5, 5.41) is 3.42. The summed E-state index contributed by atoms with van der Waals surface area (Å²) in [5.41, 5.74) is 0. The van der Waals surface area contributed by atoms with Crippen LogP contribution in [0.3, 0.4) is 0 Å². The van der Waals surface area contributed by atoms with Gasteiger partial charge in [-0.15, -0.1) is 0 Å². The molecule has 2 heterocycles. The maximum absolute atomic E-state index is 5.66. The van der Waals surface area contributed by atoms with E-state index in [4.69, 9.17) is 4.74 Å². The van der Waals surface area contributed by atoms with Crippen LogP contribution in [0.5, 0.6) is 5.75 Å². The molecule has 1 aliphatic heterocycles. The molecule has 1 aromatic rings. The summed E-state index contributed by atoms with van der Waals surface area (Å²) in [5.74, 6) is 3.58. The molecule has 3 rings (SSSR count). The molecule has 1 N–H and O–H groups in total. The Kier molecular flexibility index (Phi) is 5.14. The minimum absolute atomic E-state index is 0.616. The minimum Gasteiger partial charge on any atom is -0.490 e. The second-order valence-corrected chi connectivity index (χ2v) is 6.22. The Bertz CT molecular complexity index is 477. The Morgan fingerprint density at radius 1 is 1.36 bits per heavy atom. The second-order valence-electron chi connectivity index (χ2n) is 6.22. The number of ether oxygens (including phenoxy) is 1. The highest BCUT2D eigenvalue weighted by molar-refractivity contribution is 5.80. The lowest BCUT2D eigenvalue weighted by molar-refractivity contribution is 0.299. The number of likely N-dealkylation sites (tertiary alicyclic amines) is 1. The molecule has 2 aliphatic rings. The maximum Gasteiger partial charge on any atom is 0.193 e. The monoisotopic (exact) mass is 302 g/mol. The Balaban J connectivity index is 1.43. The minimum atomic E-state index is 0.616. The van der Waals surface area contributed by atoms with Crippen LogP contribution in [-0.2, 0) is 0 Å². The van der Waals surface area contributed by atoms with E-state index in [1.807, 2.05) is 19.2 Å². The van der Waals surface area contributed by atoms with E-state index in [-0.39, 0.29) is 0 Å². The zero-order chi connectivity index (χ0) is 15.2. The predicted octanol–water partition coefficient (Wildman–Crippen LogP) is 2.16. The highest BCUT2D eigenvalue weighted by atomic mass is 16.5. The van der Waals surface area contributed by atoms with Crippen molar-refractivity contribution in [2.24, 2.45) is 16.8 Å². The molecular formula is C17H26N4O. The van der Waals surface area contributed by atoms with Crippen molar-refractivity contribution in [3.63, 3.8) is 0 Å². The molecule has 22 heavy (non-hydrogen) atoms. The second kappa shape index (κ2) is 7.47. The smallest absolute Gasteiger partial charge is 0.193 e. The fourth-order valence-electron chi connectivity index (χ4n) is 3.68. The van der Waals surface area contributed by atoms with Crippen molar-refractivity contribution in [2.75, 3.05) is 33.3 Å². The third-order valence-corrected chi connectivity index (χ3v) is 4.78. The molecule has 1 saturated heterocycles. The van der Waals surface area contributed by atoms with Crippen LogP contribution in [0.1, 0.15) is 25.7 Å². The van der Waals surface area contributed by atoms with Gasteiger partial charge in [0.2, 0.25) is 0 Å². The Morgan fingerprint density at radius 2 is 2.14 bits per heavy atom. The van der Waals surface area contributed by atoms with Crippen molar-refractivity contribution in [2.45, 2.75) is 25.7 Å². The van der Waals surface area contributed by atoms with E-state index in [9.17, 15) is 0 Å². The van der Waals surface area contributed by atoms with Crippen molar-refractivity contribution < 1.29 is 4.74 Å². The summed E-state index contributed by atoms with van der Waals surface area (Å²) in [6.07, 6.45) is 9.07. The largest absolute Gasteiger partial charge is 0.490 e. The van der Waals surface area contributed by atoms with Gasteiger partial charge < -0.3 is 15.0 Å². The fraction of sp³-hybridized carbons (Fsp3) is 0.647. The van der Waals surface area contributed by atoms with Gasteiger partial charge in [-0.1, -0.05) is 12.8 Å². The third kappa shape index (κ3) is 3.70. The van der Waals surface area contributed by atoms with E-state index in [0.29, 0.717) is 6.61 Å². The number of hydrogen-bond donors (Lipinski definition) is 1. The van der Waals surface area contributed by atoms with Gasteiger partial charge in [0.15, 0.2) is 5.96 Å². The molecule has 0 radical (unpaired) electrons. The summed E-state index contributed by atoms with van der Waals surface area (Å²) in [6, 6.07) is 3.81. The van der Waals surface area contributed by atoms with E-state index < -0.39 is 0 Å². The number of pyridine rings is 1. The summed E-state index contributed by atoms with van der Waals surface area (Å²) >= 11 is 0. The molecule has 2 fully saturated rings. The molecule has 0 aromatic carbocycles. The number of fused-ring (bicyclic) bond motifs is 1. The van der Waals surface area contributed by atoms with Crippen molar-refractivity contribution in [1.82, 2.24) is 15.2 Å². The Morgan fingerprint density at radius 3 is 2.77 bits per heavy atom. The van der Waals surface area contributed by atoms with E-state index in [2.05, 4.69) is 20.2 Å². The van der Waals surface area contributed by atoms with Gasteiger partial charge in [0.1, 0.15) is 12.4 Å². The topological polar surface area (TPSA) is 49.8 Å². The summed E-state index contributed by atoms with van der Waals surface area (Å²) in [4.78, 5) is 10.9. The van der Waals surface area contributed by atoms with Gasteiger partial charge >= 0.3 is 0 Å². The first-order valence-electron chi connectivity index (χ1n) is 8.35. The molecule has 5 heteroatoms. The van der Waals surface area contributed by atoms with Gasteiger partial charge in [0.25, 0.3) is 0 Å².